The maximum atomic E-state index is 14.6. The first-order valence-corrected chi connectivity index (χ1v) is 12.6. The van der Waals surface area contributed by atoms with Crippen molar-refractivity contribution in [3.05, 3.63) is 69.5 Å². The van der Waals surface area contributed by atoms with Crippen LogP contribution in [0.25, 0.3) is 10.9 Å². The van der Waals surface area contributed by atoms with Crippen molar-refractivity contribution in [2.24, 2.45) is 0 Å². The molecule has 3 aromatic rings. The number of likely N-dealkylation sites (tertiary alicyclic amines) is 1. The lowest BCUT2D eigenvalue weighted by Crippen LogP contribution is -2.44. The number of carbonyl (C=O) groups is 1. The summed E-state index contributed by atoms with van der Waals surface area (Å²) in [5.74, 6) is -3.72. The van der Waals surface area contributed by atoms with Gasteiger partial charge in [-0.15, -0.1) is 0 Å². The molecule has 39 heavy (non-hydrogen) atoms. The number of rotatable bonds is 10. The lowest BCUT2D eigenvalue weighted by molar-refractivity contribution is -0.123. The molecule has 0 bridgehead atoms. The van der Waals surface area contributed by atoms with Crippen LogP contribution < -0.4 is 20.9 Å². The van der Waals surface area contributed by atoms with Crippen LogP contribution in [0.15, 0.2) is 41.2 Å². The molecule has 1 aliphatic rings. The van der Waals surface area contributed by atoms with E-state index in [1.165, 1.54) is 12.1 Å². The standard InChI is InChI=1S/C27H31F3N4O5/c1-39-26-18(2-5-19(28)24(26)29)27(30)33-23(38)10-13-34-11-8-15(9-12-34)31-14-21(36)16-3-6-20(35)25-17(16)4-7-22(37)32-25/h2-7,15,21,27,31,35-36H,8-14H2,1H3,(H,32,37)(H,33,38)/t21-,27?/m0/s1. The quantitative estimate of drug-likeness (QED) is 0.247. The second-order valence-electron chi connectivity index (χ2n) is 9.49. The molecular formula is C27H31F3N4O5. The van der Waals surface area contributed by atoms with E-state index in [1.807, 2.05) is 0 Å². The summed E-state index contributed by atoms with van der Waals surface area (Å²) in [7, 11) is 1.09. The van der Waals surface area contributed by atoms with E-state index in [9.17, 15) is 33.0 Å². The fourth-order valence-electron chi connectivity index (χ4n) is 4.80. The number of fused-ring (bicyclic) bond motifs is 1. The molecule has 0 aliphatic carbocycles. The number of pyridine rings is 1. The van der Waals surface area contributed by atoms with E-state index in [0.29, 0.717) is 30.6 Å². The summed E-state index contributed by atoms with van der Waals surface area (Å²) in [5.41, 5.74) is 0.217. The summed E-state index contributed by atoms with van der Waals surface area (Å²) in [4.78, 5) is 28.5. The zero-order valence-electron chi connectivity index (χ0n) is 21.3. The summed E-state index contributed by atoms with van der Waals surface area (Å²) in [6.45, 7) is 2.07. The van der Waals surface area contributed by atoms with E-state index in [1.54, 1.807) is 12.1 Å². The van der Waals surface area contributed by atoms with Crippen LogP contribution in [0.2, 0.25) is 0 Å². The number of aliphatic hydroxyl groups is 1. The van der Waals surface area contributed by atoms with Crippen LogP contribution >= 0.6 is 0 Å². The summed E-state index contributed by atoms with van der Waals surface area (Å²) < 4.78 is 46.5. The van der Waals surface area contributed by atoms with Crippen molar-refractivity contribution in [1.29, 1.82) is 0 Å². The fourth-order valence-corrected chi connectivity index (χ4v) is 4.80. The van der Waals surface area contributed by atoms with Crippen molar-refractivity contribution in [2.75, 3.05) is 33.3 Å². The number of alkyl halides is 1. The van der Waals surface area contributed by atoms with Gasteiger partial charge in [-0.05, 0) is 55.8 Å². The van der Waals surface area contributed by atoms with Gasteiger partial charge in [-0.1, -0.05) is 6.07 Å². The third-order valence-electron chi connectivity index (χ3n) is 6.95. The highest BCUT2D eigenvalue weighted by Crippen LogP contribution is 2.31. The van der Waals surface area contributed by atoms with Crippen molar-refractivity contribution in [3.63, 3.8) is 0 Å². The van der Waals surface area contributed by atoms with Gasteiger partial charge in [-0.2, -0.15) is 4.39 Å². The van der Waals surface area contributed by atoms with Gasteiger partial charge in [-0.25, -0.2) is 8.78 Å². The normalized spacial score (nSPS) is 16.2. The first-order chi connectivity index (χ1) is 18.7. The van der Waals surface area contributed by atoms with Crippen LogP contribution in [0.5, 0.6) is 11.5 Å². The maximum Gasteiger partial charge on any atom is 0.248 e. The highest BCUT2D eigenvalue weighted by Gasteiger charge is 2.24. The van der Waals surface area contributed by atoms with E-state index < -0.39 is 35.7 Å². The predicted octanol–water partition coefficient (Wildman–Crippen LogP) is 2.78. The molecule has 0 spiro atoms. The van der Waals surface area contributed by atoms with E-state index in [0.717, 1.165) is 32.1 Å². The zero-order chi connectivity index (χ0) is 28.1. The SMILES string of the molecule is COc1c(C(F)NC(=O)CCN2CCC(NC[C@H](O)c3ccc(O)c4[nH]c(=O)ccc34)CC2)ccc(F)c1F. The summed E-state index contributed by atoms with van der Waals surface area (Å²) in [6, 6.07) is 7.92. The first kappa shape index (κ1) is 28.4. The number of amides is 1. The minimum Gasteiger partial charge on any atom is -0.506 e. The van der Waals surface area contributed by atoms with Crippen LogP contribution in [-0.4, -0.2) is 65.3 Å². The molecule has 1 saturated heterocycles. The molecule has 1 aromatic heterocycles. The largest absolute Gasteiger partial charge is 0.506 e. The number of methoxy groups -OCH3 is 1. The van der Waals surface area contributed by atoms with E-state index in [-0.39, 0.29) is 41.4 Å². The highest BCUT2D eigenvalue weighted by molar-refractivity contribution is 5.87. The van der Waals surface area contributed by atoms with Crippen LogP contribution in [0.3, 0.4) is 0 Å². The van der Waals surface area contributed by atoms with Crippen molar-refractivity contribution in [3.8, 4) is 11.5 Å². The average molecular weight is 549 g/mol. The number of phenols is 1. The average Bonchev–Trinajstić information content (AvgIpc) is 2.93. The number of hydrogen-bond donors (Lipinski definition) is 5. The molecule has 2 atom stereocenters. The number of piperidine rings is 1. The van der Waals surface area contributed by atoms with E-state index in [2.05, 4.69) is 20.5 Å². The minimum absolute atomic E-state index is 0.0270. The lowest BCUT2D eigenvalue weighted by atomic mass is 10.0. The summed E-state index contributed by atoms with van der Waals surface area (Å²) in [5, 5.41) is 26.9. The molecule has 12 heteroatoms. The Balaban J connectivity index is 1.21. The summed E-state index contributed by atoms with van der Waals surface area (Å²) >= 11 is 0. The van der Waals surface area contributed by atoms with Gasteiger partial charge >= 0.3 is 0 Å². The van der Waals surface area contributed by atoms with Gasteiger partial charge in [0.25, 0.3) is 0 Å². The Morgan fingerprint density at radius 1 is 1.15 bits per heavy atom. The van der Waals surface area contributed by atoms with Crippen LogP contribution in [0.4, 0.5) is 13.2 Å². The number of benzene rings is 2. The van der Waals surface area contributed by atoms with Gasteiger partial charge in [0.1, 0.15) is 5.75 Å². The zero-order valence-corrected chi connectivity index (χ0v) is 21.3. The monoisotopic (exact) mass is 548 g/mol. The molecule has 210 valence electrons. The lowest BCUT2D eigenvalue weighted by Gasteiger charge is -2.32. The Labute approximate surface area is 222 Å². The topological polar surface area (TPSA) is 127 Å². The van der Waals surface area contributed by atoms with Gasteiger partial charge in [0.05, 0.1) is 24.3 Å². The van der Waals surface area contributed by atoms with Crippen molar-refractivity contribution in [1.82, 2.24) is 20.5 Å². The van der Waals surface area contributed by atoms with Crippen molar-refractivity contribution in [2.45, 2.75) is 37.7 Å². The molecule has 2 heterocycles. The molecule has 1 unspecified atom stereocenters. The Bertz CT molecular complexity index is 1380. The highest BCUT2D eigenvalue weighted by atomic mass is 19.2. The molecule has 1 aliphatic heterocycles. The Morgan fingerprint density at radius 3 is 2.59 bits per heavy atom. The minimum atomic E-state index is -2.05. The number of aromatic nitrogens is 1. The Kier molecular flexibility index (Phi) is 9.10. The second-order valence-corrected chi connectivity index (χ2v) is 9.49. The molecule has 9 nitrogen and oxygen atoms in total. The van der Waals surface area contributed by atoms with Crippen LogP contribution in [-0.2, 0) is 4.79 Å². The number of aromatic amines is 1. The first-order valence-electron chi connectivity index (χ1n) is 12.6. The van der Waals surface area contributed by atoms with E-state index >= 15 is 0 Å². The summed E-state index contributed by atoms with van der Waals surface area (Å²) in [6.07, 6.45) is -1.33. The third kappa shape index (κ3) is 6.70. The molecule has 2 aromatic carbocycles. The fraction of sp³-hybridized carbons (Fsp3) is 0.407. The van der Waals surface area contributed by atoms with Crippen molar-refractivity contribution < 1.29 is 32.9 Å². The molecule has 0 radical (unpaired) electrons. The molecule has 4 rings (SSSR count). The number of aliphatic hydroxyl groups excluding tert-OH is 1. The van der Waals surface area contributed by atoms with Gasteiger partial charge in [-0.3, -0.25) is 9.59 Å². The predicted molar refractivity (Wildman–Crippen MR) is 138 cm³/mol. The maximum absolute atomic E-state index is 14.6. The number of carbonyl (C=O) groups excluding carboxylic acids is 1. The van der Waals surface area contributed by atoms with Crippen LogP contribution in [0.1, 0.15) is 42.8 Å². The number of aromatic hydroxyl groups is 1. The van der Waals surface area contributed by atoms with Crippen molar-refractivity contribution >= 4 is 16.8 Å². The Hall–Kier alpha value is -3.61. The third-order valence-corrected chi connectivity index (χ3v) is 6.95. The molecule has 1 amide bonds. The van der Waals surface area contributed by atoms with Crippen LogP contribution in [0, 0.1) is 11.6 Å². The Morgan fingerprint density at radius 2 is 1.87 bits per heavy atom. The van der Waals surface area contributed by atoms with Gasteiger partial charge in [0.15, 0.2) is 11.6 Å². The van der Waals surface area contributed by atoms with Gasteiger partial charge < -0.3 is 35.5 Å². The van der Waals surface area contributed by atoms with E-state index in [4.69, 9.17) is 4.74 Å². The molecule has 1 fully saturated rings. The van der Waals surface area contributed by atoms with Gasteiger partial charge in [0, 0.05) is 37.0 Å². The smallest absolute Gasteiger partial charge is 0.248 e. The molecule has 5 N–H and O–H groups in total. The second kappa shape index (κ2) is 12.5. The number of ether oxygens (including phenoxy) is 1. The number of halogens is 3. The number of H-pyrrole nitrogens is 1. The van der Waals surface area contributed by atoms with Gasteiger partial charge in [0.2, 0.25) is 23.6 Å². The molecule has 0 saturated carbocycles. The molecular weight excluding hydrogens is 517 g/mol. The number of phenolic OH excluding ortho intramolecular Hbond substituents is 1. The number of nitrogens with one attached hydrogen (secondary N) is 3. The number of nitrogens with zero attached hydrogens (tertiary/aromatic N) is 1. The number of hydrogen-bond acceptors (Lipinski definition) is 7.